The molecule has 2 N–H and O–H groups in total. The molecule has 0 saturated carbocycles. The summed E-state index contributed by atoms with van der Waals surface area (Å²) in [5.74, 6) is -0.862. The Kier molecular flexibility index (Phi) is 4.96. The summed E-state index contributed by atoms with van der Waals surface area (Å²) in [5.41, 5.74) is 1.43. The Balaban J connectivity index is 1.97. The van der Waals surface area contributed by atoms with Gasteiger partial charge in [-0.05, 0) is 30.7 Å². The van der Waals surface area contributed by atoms with Crippen LogP contribution in [0.5, 0.6) is 5.88 Å². The van der Waals surface area contributed by atoms with Crippen molar-refractivity contribution in [3.8, 4) is 5.88 Å². The molecule has 3 aromatic rings. The van der Waals surface area contributed by atoms with E-state index >= 15 is 0 Å². The van der Waals surface area contributed by atoms with Crippen LogP contribution in [0.2, 0.25) is 0 Å². The van der Waals surface area contributed by atoms with Crippen LogP contribution in [-0.2, 0) is 11.3 Å². The number of aromatic nitrogens is 1. The van der Waals surface area contributed by atoms with Crippen LogP contribution in [0.15, 0.2) is 63.2 Å². The highest BCUT2D eigenvalue weighted by atomic mass is 79.9. The molecular formula is C18H16BrN3O3. The normalized spacial score (nSPS) is 12.8. The lowest BCUT2D eigenvalue weighted by molar-refractivity contribution is -0.126. The molecule has 1 heterocycles. The first-order valence-corrected chi connectivity index (χ1v) is 8.51. The van der Waals surface area contributed by atoms with Crippen LogP contribution in [0, 0.1) is 0 Å². The zero-order chi connectivity index (χ0) is 18.0. The van der Waals surface area contributed by atoms with Gasteiger partial charge in [-0.3, -0.25) is 4.79 Å². The quantitative estimate of drug-likeness (QED) is 0.631. The maximum absolute atomic E-state index is 12.1. The Morgan fingerprint density at radius 3 is 2.64 bits per heavy atom. The third-order valence-corrected chi connectivity index (χ3v) is 4.38. The molecule has 0 spiro atoms. The number of azo groups is 1. The van der Waals surface area contributed by atoms with E-state index in [1.54, 1.807) is 41.0 Å². The van der Waals surface area contributed by atoms with Crippen LogP contribution >= 0.6 is 15.9 Å². The number of aromatic hydroxyl groups is 1. The van der Waals surface area contributed by atoms with E-state index < -0.39 is 12.0 Å². The van der Waals surface area contributed by atoms with Crippen LogP contribution in [0.3, 0.4) is 0 Å². The van der Waals surface area contributed by atoms with Crippen molar-refractivity contribution in [3.63, 3.8) is 0 Å². The zero-order valence-electron chi connectivity index (χ0n) is 13.4. The highest BCUT2D eigenvalue weighted by Crippen LogP contribution is 2.40. The Hall–Kier alpha value is -2.51. The van der Waals surface area contributed by atoms with Crippen molar-refractivity contribution >= 4 is 38.4 Å². The van der Waals surface area contributed by atoms with Crippen molar-refractivity contribution < 1.29 is 15.0 Å². The first kappa shape index (κ1) is 17.3. The zero-order valence-corrected chi connectivity index (χ0v) is 15.0. The lowest BCUT2D eigenvalue weighted by Crippen LogP contribution is -2.08. The van der Waals surface area contributed by atoms with E-state index in [4.69, 9.17) is 0 Å². The maximum Gasteiger partial charge on any atom is 0.297 e. The van der Waals surface area contributed by atoms with Gasteiger partial charge < -0.3 is 14.8 Å². The molecule has 0 bridgehead atoms. The molecule has 0 aliphatic carbocycles. The summed E-state index contributed by atoms with van der Waals surface area (Å²) in [4.78, 5) is 12.1. The number of hydrogen-bond donors (Lipinski definition) is 2. The highest BCUT2D eigenvalue weighted by molar-refractivity contribution is 9.10. The smallest absolute Gasteiger partial charge is 0.297 e. The van der Waals surface area contributed by atoms with E-state index in [0.717, 1.165) is 9.99 Å². The summed E-state index contributed by atoms with van der Waals surface area (Å²) in [6.45, 7) is 2.44. The highest BCUT2D eigenvalue weighted by Gasteiger charge is 2.19. The van der Waals surface area contributed by atoms with Gasteiger partial charge in [0.15, 0.2) is 11.8 Å². The first-order valence-electron chi connectivity index (χ1n) is 7.72. The fourth-order valence-electron chi connectivity index (χ4n) is 2.65. The fraction of sp³-hybridized carbons (Fsp3) is 0.167. The minimum absolute atomic E-state index is 0.0682. The number of amides is 1. The van der Waals surface area contributed by atoms with Crippen molar-refractivity contribution in [2.24, 2.45) is 10.2 Å². The molecule has 128 valence electrons. The van der Waals surface area contributed by atoms with Crippen molar-refractivity contribution in [1.82, 2.24) is 4.57 Å². The second kappa shape index (κ2) is 7.16. The molecule has 6 nitrogen and oxygen atoms in total. The third kappa shape index (κ3) is 3.33. The van der Waals surface area contributed by atoms with E-state index in [-0.39, 0.29) is 11.6 Å². The van der Waals surface area contributed by atoms with E-state index in [1.165, 1.54) is 0 Å². The van der Waals surface area contributed by atoms with Gasteiger partial charge in [-0.2, -0.15) is 0 Å². The van der Waals surface area contributed by atoms with Crippen LogP contribution < -0.4 is 0 Å². The molecular weight excluding hydrogens is 386 g/mol. The monoisotopic (exact) mass is 401 g/mol. The van der Waals surface area contributed by atoms with E-state index in [9.17, 15) is 15.0 Å². The molecule has 0 radical (unpaired) electrons. The lowest BCUT2D eigenvalue weighted by atomic mass is 10.1. The molecule has 7 heteroatoms. The largest absolute Gasteiger partial charge is 0.493 e. The molecule has 1 unspecified atom stereocenters. The number of halogens is 1. The summed E-state index contributed by atoms with van der Waals surface area (Å²) in [7, 11) is 0. The van der Waals surface area contributed by atoms with Crippen LogP contribution in [-0.4, -0.2) is 20.7 Å². The molecule has 3 rings (SSSR count). The number of nitrogens with zero attached hydrogens (tertiary/aromatic N) is 3. The van der Waals surface area contributed by atoms with Crippen LogP contribution in [0.1, 0.15) is 18.6 Å². The van der Waals surface area contributed by atoms with Gasteiger partial charge in [-0.25, -0.2) is 0 Å². The predicted molar refractivity (Wildman–Crippen MR) is 97.9 cm³/mol. The summed E-state index contributed by atoms with van der Waals surface area (Å²) in [6.07, 6.45) is -1.39. The van der Waals surface area contributed by atoms with Gasteiger partial charge in [0.2, 0.25) is 5.88 Å². The summed E-state index contributed by atoms with van der Waals surface area (Å²) in [6, 6.07) is 14.0. The summed E-state index contributed by atoms with van der Waals surface area (Å²) >= 11 is 3.39. The van der Waals surface area contributed by atoms with Gasteiger partial charge in [0, 0.05) is 16.4 Å². The number of fused-ring (bicyclic) bond motifs is 1. The van der Waals surface area contributed by atoms with E-state index in [0.29, 0.717) is 17.5 Å². The molecule has 0 saturated heterocycles. The fourth-order valence-corrected chi connectivity index (χ4v) is 3.01. The average molecular weight is 402 g/mol. The van der Waals surface area contributed by atoms with Gasteiger partial charge >= 0.3 is 0 Å². The summed E-state index contributed by atoms with van der Waals surface area (Å²) < 4.78 is 2.49. The van der Waals surface area contributed by atoms with Crippen molar-refractivity contribution in [2.75, 3.05) is 0 Å². The van der Waals surface area contributed by atoms with Crippen LogP contribution in [0.25, 0.3) is 10.9 Å². The molecule has 2 aromatic carbocycles. The Morgan fingerprint density at radius 1 is 1.24 bits per heavy atom. The standard InChI is InChI=1S/C18H16BrN3O3/c1-2-22-14-9-8-12(19)10-13(14)15(18(22)25)20-21-17(24)16(23)11-6-4-3-5-7-11/h3-10,16,23,25H,2H2,1H3. The number of aryl methyl sites for hydroxylation is 1. The molecule has 0 aliphatic rings. The second-order valence-electron chi connectivity index (χ2n) is 5.43. The van der Waals surface area contributed by atoms with E-state index in [1.807, 2.05) is 19.1 Å². The molecule has 0 fully saturated rings. The van der Waals surface area contributed by atoms with Gasteiger partial charge in [0.25, 0.3) is 5.91 Å². The number of aliphatic hydroxyl groups is 1. The average Bonchev–Trinajstić information content (AvgIpc) is 2.89. The minimum Gasteiger partial charge on any atom is -0.493 e. The number of aliphatic hydroxyl groups excluding tert-OH is 1. The first-order chi connectivity index (χ1) is 12.0. The SMILES string of the molecule is CCn1c(O)c(N=NC(=O)C(O)c2ccccc2)c2cc(Br)ccc21. The predicted octanol–water partition coefficient (Wildman–Crippen LogP) is 4.47. The Bertz CT molecular complexity index is 951. The molecule has 25 heavy (non-hydrogen) atoms. The molecule has 0 aliphatic heterocycles. The van der Waals surface area contributed by atoms with Crippen molar-refractivity contribution in [1.29, 1.82) is 0 Å². The van der Waals surface area contributed by atoms with Gasteiger partial charge in [0.1, 0.15) is 0 Å². The number of benzene rings is 2. The number of hydrogen-bond acceptors (Lipinski definition) is 4. The Morgan fingerprint density at radius 2 is 1.96 bits per heavy atom. The molecule has 1 aromatic heterocycles. The Labute approximate surface area is 152 Å². The topological polar surface area (TPSA) is 87.2 Å². The number of carbonyl (C=O) groups excluding carboxylic acids is 1. The van der Waals surface area contributed by atoms with Crippen LogP contribution in [0.4, 0.5) is 5.69 Å². The lowest BCUT2D eigenvalue weighted by Gasteiger charge is -2.05. The molecule has 1 amide bonds. The second-order valence-corrected chi connectivity index (χ2v) is 6.35. The van der Waals surface area contributed by atoms with Gasteiger partial charge in [0.05, 0.1) is 5.52 Å². The number of rotatable bonds is 4. The van der Waals surface area contributed by atoms with Gasteiger partial charge in [-0.1, -0.05) is 46.3 Å². The maximum atomic E-state index is 12.1. The van der Waals surface area contributed by atoms with Crippen molar-refractivity contribution in [3.05, 3.63) is 58.6 Å². The van der Waals surface area contributed by atoms with Gasteiger partial charge in [-0.15, -0.1) is 10.2 Å². The summed E-state index contributed by atoms with van der Waals surface area (Å²) in [5, 5.41) is 28.6. The van der Waals surface area contributed by atoms with Crippen molar-refractivity contribution in [2.45, 2.75) is 19.6 Å². The third-order valence-electron chi connectivity index (χ3n) is 3.89. The van der Waals surface area contributed by atoms with E-state index in [2.05, 4.69) is 26.2 Å². The minimum atomic E-state index is -1.39. The number of carbonyl (C=O) groups is 1. The molecule has 1 atom stereocenters.